The van der Waals surface area contributed by atoms with E-state index < -0.39 is 0 Å². The number of rotatable bonds is 6. The molecule has 0 fully saturated rings. The van der Waals surface area contributed by atoms with Crippen molar-refractivity contribution >= 4 is 11.5 Å². The van der Waals surface area contributed by atoms with Gasteiger partial charge in [-0.2, -0.15) is 5.10 Å². The van der Waals surface area contributed by atoms with E-state index in [1.807, 2.05) is 35.9 Å². The first-order valence-corrected chi connectivity index (χ1v) is 7.57. The zero-order valence-corrected chi connectivity index (χ0v) is 13.2. The van der Waals surface area contributed by atoms with Crippen LogP contribution in [0.5, 0.6) is 0 Å². The monoisotopic (exact) mass is 323 g/mol. The maximum atomic E-state index is 12.5. The Hall–Kier alpha value is -3.22. The van der Waals surface area contributed by atoms with Gasteiger partial charge in [0.2, 0.25) is 5.82 Å². The summed E-state index contributed by atoms with van der Waals surface area (Å²) in [7, 11) is 0. The van der Waals surface area contributed by atoms with E-state index >= 15 is 0 Å². The summed E-state index contributed by atoms with van der Waals surface area (Å²) in [5.41, 5.74) is 2.37. The van der Waals surface area contributed by atoms with Gasteiger partial charge in [0.05, 0.1) is 12.2 Å². The van der Waals surface area contributed by atoms with Gasteiger partial charge in [0.1, 0.15) is 6.33 Å². The fourth-order valence-corrected chi connectivity index (χ4v) is 2.43. The largest absolute Gasteiger partial charge is 0.504 e. The lowest BCUT2D eigenvalue weighted by Crippen LogP contribution is -2.00. The minimum Gasteiger partial charge on any atom is -0.504 e. The number of allylic oxidation sites excluding steroid dienone is 1. The molecule has 122 valence electrons. The zero-order chi connectivity index (χ0) is 16.9. The summed E-state index contributed by atoms with van der Waals surface area (Å²) in [6.45, 7) is 2.56. The number of carbonyl (C=O) groups is 1. The second-order valence-electron chi connectivity index (χ2n) is 5.26. The normalized spacial score (nSPS) is 11.6. The van der Waals surface area contributed by atoms with Crippen molar-refractivity contribution in [3.8, 4) is 0 Å². The van der Waals surface area contributed by atoms with Gasteiger partial charge in [0.25, 0.3) is 0 Å². The Morgan fingerprint density at radius 1 is 1.33 bits per heavy atom. The Balaban J connectivity index is 1.85. The maximum Gasteiger partial charge on any atom is 0.215 e. The molecule has 0 radical (unpaired) electrons. The number of aromatic nitrogens is 5. The highest BCUT2D eigenvalue weighted by atomic mass is 16.3. The molecular formula is C17H17N5O2. The fraction of sp³-hybridized carbons (Fsp3) is 0.176. The number of carbonyl (C=O) groups excluding carboxylic acids is 1. The highest BCUT2D eigenvalue weighted by Gasteiger charge is 2.14. The van der Waals surface area contributed by atoms with Crippen LogP contribution in [0.2, 0.25) is 0 Å². The summed E-state index contributed by atoms with van der Waals surface area (Å²) in [4.78, 5) is 20.6. The SMILES string of the molecule is CCc1cn(Cc2ccccn2)cc1C(=O)C=C(O)c1nc[nH]n1. The van der Waals surface area contributed by atoms with E-state index in [0.29, 0.717) is 18.5 Å². The van der Waals surface area contributed by atoms with Gasteiger partial charge in [-0.15, -0.1) is 0 Å². The molecule has 7 heteroatoms. The molecule has 0 unspecified atom stereocenters. The molecule has 0 amide bonds. The van der Waals surface area contributed by atoms with Crippen LogP contribution in [0.4, 0.5) is 0 Å². The van der Waals surface area contributed by atoms with Crippen LogP contribution >= 0.6 is 0 Å². The molecule has 3 aromatic rings. The number of aromatic amines is 1. The Morgan fingerprint density at radius 3 is 2.88 bits per heavy atom. The summed E-state index contributed by atoms with van der Waals surface area (Å²) in [5, 5.41) is 16.2. The second-order valence-corrected chi connectivity index (χ2v) is 5.26. The van der Waals surface area contributed by atoms with E-state index in [2.05, 4.69) is 20.2 Å². The van der Waals surface area contributed by atoms with Gasteiger partial charge in [0.15, 0.2) is 11.5 Å². The first kappa shape index (κ1) is 15.7. The van der Waals surface area contributed by atoms with Crippen LogP contribution in [0.3, 0.4) is 0 Å². The third kappa shape index (κ3) is 3.40. The molecule has 0 spiro atoms. The Kier molecular flexibility index (Phi) is 4.51. The van der Waals surface area contributed by atoms with Crippen LogP contribution in [0.25, 0.3) is 5.76 Å². The highest BCUT2D eigenvalue weighted by molar-refractivity contribution is 6.08. The Bertz CT molecular complexity index is 851. The number of hydrogen-bond acceptors (Lipinski definition) is 5. The Labute approximate surface area is 138 Å². The van der Waals surface area contributed by atoms with Crippen molar-refractivity contribution in [2.75, 3.05) is 0 Å². The fourth-order valence-electron chi connectivity index (χ4n) is 2.43. The lowest BCUT2D eigenvalue weighted by Gasteiger charge is -2.01. The molecule has 0 aliphatic heterocycles. The smallest absolute Gasteiger partial charge is 0.215 e. The first-order chi connectivity index (χ1) is 11.7. The number of nitrogens with one attached hydrogen (secondary N) is 1. The van der Waals surface area contributed by atoms with Crippen LogP contribution in [0.1, 0.15) is 34.4 Å². The summed E-state index contributed by atoms with van der Waals surface area (Å²) in [6, 6.07) is 5.72. The molecule has 3 aromatic heterocycles. The second kappa shape index (κ2) is 6.91. The quantitative estimate of drug-likeness (QED) is 0.412. The van der Waals surface area contributed by atoms with Crippen LogP contribution in [0.15, 0.2) is 49.2 Å². The van der Waals surface area contributed by atoms with Crippen molar-refractivity contribution in [1.29, 1.82) is 0 Å². The molecule has 2 N–H and O–H groups in total. The lowest BCUT2D eigenvalue weighted by molar-refractivity contribution is 0.104. The predicted octanol–water partition coefficient (Wildman–Crippen LogP) is 2.39. The van der Waals surface area contributed by atoms with Crippen molar-refractivity contribution in [2.24, 2.45) is 0 Å². The van der Waals surface area contributed by atoms with Crippen LogP contribution in [0, 0.1) is 0 Å². The van der Waals surface area contributed by atoms with Crippen molar-refractivity contribution in [1.82, 2.24) is 24.7 Å². The molecule has 0 atom stereocenters. The molecule has 7 nitrogen and oxygen atoms in total. The zero-order valence-electron chi connectivity index (χ0n) is 13.2. The molecule has 0 aromatic carbocycles. The van der Waals surface area contributed by atoms with Crippen molar-refractivity contribution in [3.63, 3.8) is 0 Å². The summed E-state index contributed by atoms with van der Waals surface area (Å²) < 4.78 is 1.92. The number of ketones is 1. The molecule has 3 heterocycles. The number of aliphatic hydroxyl groups excluding tert-OH is 1. The summed E-state index contributed by atoms with van der Waals surface area (Å²) in [5.74, 6) is -0.455. The molecule has 3 rings (SSSR count). The highest BCUT2D eigenvalue weighted by Crippen LogP contribution is 2.16. The third-order valence-corrected chi connectivity index (χ3v) is 3.59. The van der Waals surface area contributed by atoms with E-state index in [4.69, 9.17) is 0 Å². The number of pyridine rings is 1. The molecule has 0 saturated heterocycles. The number of hydrogen-bond donors (Lipinski definition) is 2. The van der Waals surface area contributed by atoms with Gasteiger partial charge >= 0.3 is 0 Å². The Morgan fingerprint density at radius 2 is 2.21 bits per heavy atom. The molecule has 0 bridgehead atoms. The van der Waals surface area contributed by atoms with Crippen LogP contribution in [-0.2, 0) is 13.0 Å². The van der Waals surface area contributed by atoms with Crippen molar-refractivity contribution in [3.05, 3.63) is 71.8 Å². The number of aliphatic hydroxyl groups is 1. The van der Waals surface area contributed by atoms with Crippen LogP contribution in [-0.4, -0.2) is 35.6 Å². The van der Waals surface area contributed by atoms with Gasteiger partial charge < -0.3 is 9.67 Å². The molecule has 24 heavy (non-hydrogen) atoms. The minimum atomic E-state index is -0.283. The minimum absolute atomic E-state index is 0.0920. The average molecular weight is 323 g/mol. The number of nitrogens with zero attached hydrogens (tertiary/aromatic N) is 4. The van der Waals surface area contributed by atoms with Crippen LogP contribution < -0.4 is 0 Å². The van der Waals surface area contributed by atoms with E-state index in [1.54, 1.807) is 12.4 Å². The van der Waals surface area contributed by atoms with E-state index in [0.717, 1.165) is 17.3 Å². The predicted molar refractivity (Wildman–Crippen MR) is 88.5 cm³/mol. The molecular weight excluding hydrogens is 306 g/mol. The first-order valence-electron chi connectivity index (χ1n) is 7.57. The lowest BCUT2D eigenvalue weighted by atomic mass is 10.1. The van der Waals surface area contributed by atoms with Crippen molar-refractivity contribution < 1.29 is 9.90 Å². The van der Waals surface area contributed by atoms with E-state index in [1.165, 1.54) is 6.33 Å². The van der Waals surface area contributed by atoms with Gasteiger partial charge in [-0.1, -0.05) is 13.0 Å². The topological polar surface area (TPSA) is 96.7 Å². The summed E-state index contributed by atoms with van der Waals surface area (Å²) in [6.07, 6.45) is 8.64. The third-order valence-electron chi connectivity index (χ3n) is 3.59. The molecule has 0 saturated carbocycles. The summed E-state index contributed by atoms with van der Waals surface area (Å²) >= 11 is 0. The number of aryl methyl sites for hydroxylation is 1. The van der Waals surface area contributed by atoms with Gasteiger partial charge in [-0.25, -0.2) is 4.98 Å². The van der Waals surface area contributed by atoms with E-state index in [9.17, 15) is 9.90 Å². The van der Waals surface area contributed by atoms with Gasteiger partial charge in [0, 0.05) is 30.2 Å². The maximum absolute atomic E-state index is 12.5. The van der Waals surface area contributed by atoms with Gasteiger partial charge in [-0.05, 0) is 24.1 Å². The standard InChI is InChI=1S/C17H17N5O2/c1-2-12-8-22(9-13-5-3-4-6-18-13)10-14(12)15(23)7-16(24)17-19-11-20-21-17/h3-8,10-11,24H,2,9H2,1H3,(H,19,20,21). The van der Waals surface area contributed by atoms with Crippen molar-refractivity contribution in [2.45, 2.75) is 19.9 Å². The number of H-pyrrole nitrogens is 1. The average Bonchev–Trinajstić information content (AvgIpc) is 3.25. The molecule has 0 aliphatic rings. The van der Waals surface area contributed by atoms with E-state index in [-0.39, 0.29) is 17.4 Å². The molecule has 0 aliphatic carbocycles. The van der Waals surface area contributed by atoms with Gasteiger partial charge in [-0.3, -0.25) is 14.9 Å².